The van der Waals surface area contributed by atoms with Crippen LogP contribution in [0.25, 0.3) is 11.5 Å². The Morgan fingerprint density at radius 2 is 1.68 bits per heavy atom. The number of anilines is 3. The summed E-state index contributed by atoms with van der Waals surface area (Å²) in [7, 11) is 0. The molecule has 0 saturated carbocycles. The van der Waals surface area contributed by atoms with E-state index in [9.17, 15) is 31.4 Å². The minimum absolute atomic E-state index is 0.0280. The van der Waals surface area contributed by atoms with Gasteiger partial charge in [-0.3, -0.25) is 4.98 Å². The van der Waals surface area contributed by atoms with Gasteiger partial charge in [0, 0.05) is 30.9 Å². The first-order chi connectivity index (χ1) is 15.9. The van der Waals surface area contributed by atoms with E-state index < -0.39 is 29.8 Å². The summed E-state index contributed by atoms with van der Waals surface area (Å²) in [5.41, 5.74) is -2.56. The van der Waals surface area contributed by atoms with Crippen LogP contribution in [0.4, 0.5) is 43.9 Å². The summed E-state index contributed by atoms with van der Waals surface area (Å²) in [6.07, 6.45) is -9.12. The first-order valence-corrected chi connectivity index (χ1v) is 9.94. The number of halogens is 6. The van der Waals surface area contributed by atoms with Crippen molar-refractivity contribution < 1.29 is 31.4 Å². The highest BCUT2D eigenvalue weighted by Crippen LogP contribution is 2.31. The summed E-state index contributed by atoms with van der Waals surface area (Å²) < 4.78 is 78.4. The Bertz CT molecular complexity index is 1180. The lowest BCUT2D eigenvalue weighted by atomic mass is 10.1. The molecule has 0 aliphatic carbocycles. The standard InChI is InChI=1S/C20H17F6N7O/c1-10-8-33(9-13(10)34)18-31-16(12-3-2-4-14(29-12)19(21,22)23)30-17(32-18)28-11-5-6-27-15(7-11)20(24,25)26/h2-7,10,13,34H,8-9H2,1H3,(H,27,28,30,31,32)/t10-,13-/m1/s1. The lowest BCUT2D eigenvalue weighted by molar-refractivity contribution is -0.141. The average Bonchev–Trinajstić information content (AvgIpc) is 3.11. The Kier molecular flexibility index (Phi) is 6.02. The molecule has 0 radical (unpaired) electrons. The van der Waals surface area contributed by atoms with Crippen molar-refractivity contribution in [3.05, 3.63) is 47.9 Å². The Morgan fingerprint density at radius 1 is 0.941 bits per heavy atom. The molecular weight excluding hydrogens is 468 g/mol. The van der Waals surface area contributed by atoms with Gasteiger partial charge in [-0.25, -0.2) is 4.98 Å². The van der Waals surface area contributed by atoms with Crippen LogP contribution in [-0.2, 0) is 12.4 Å². The van der Waals surface area contributed by atoms with Crippen molar-refractivity contribution in [1.82, 2.24) is 24.9 Å². The van der Waals surface area contributed by atoms with Gasteiger partial charge in [-0.2, -0.15) is 41.3 Å². The van der Waals surface area contributed by atoms with Gasteiger partial charge in [0.1, 0.15) is 17.1 Å². The van der Waals surface area contributed by atoms with E-state index in [1.54, 1.807) is 11.8 Å². The fourth-order valence-electron chi connectivity index (χ4n) is 3.30. The molecule has 0 spiro atoms. The molecule has 4 heterocycles. The third-order valence-electron chi connectivity index (χ3n) is 5.05. The second-order valence-electron chi connectivity index (χ2n) is 7.69. The van der Waals surface area contributed by atoms with E-state index in [0.29, 0.717) is 6.54 Å². The van der Waals surface area contributed by atoms with Gasteiger partial charge < -0.3 is 15.3 Å². The van der Waals surface area contributed by atoms with Crippen molar-refractivity contribution in [3.8, 4) is 11.5 Å². The van der Waals surface area contributed by atoms with Gasteiger partial charge in [0.15, 0.2) is 5.82 Å². The van der Waals surface area contributed by atoms with Crippen LogP contribution in [0.3, 0.4) is 0 Å². The highest BCUT2D eigenvalue weighted by atomic mass is 19.4. The van der Waals surface area contributed by atoms with Crippen molar-refractivity contribution >= 4 is 17.6 Å². The Balaban J connectivity index is 1.76. The molecule has 3 aromatic heterocycles. The second kappa shape index (κ2) is 8.66. The Morgan fingerprint density at radius 3 is 2.32 bits per heavy atom. The predicted octanol–water partition coefficient (Wildman–Crippen LogP) is 3.93. The SMILES string of the molecule is C[C@@H]1CN(c2nc(Nc3ccnc(C(F)(F)F)c3)nc(-c3cccc(C(F)(F)F)n3)n2)C[C@H]1O. The van der Waals surface area contributed by atoms with E-state index in [1.807, 2.05) is 0 Å². The van der Waals surface area contributed by atoms with E-state index in [2.05, 4.69) is 30.2 Å². The third kappa shape index (κ3) is 5.16. The van der Waals surface area contributed by atoms with Gasteiger partial charge >= 0.3 is 12.4 Å². The van der Waals surface area contributed by atoms with E-state index in [1.165, 1.54) is 12.1 Å². The monoisotopic (exact) mass is 485 g/mol. The van der Waals surface area contributed by atoms with E-state index in [-0.39, 0.29) is 41.6 Å². The van der Waals surface area contributed by atoms with Gasteiger partial charge in [-0.15, -0.1) is 0 Å². The molecule has 0 amide bonds. The van der Waals surface area contributed by atoms with Crippen molar-refractivity contribution in [2.45, 2.75) is 25.4 Å². The number of aliphatic hydroxyl groups is 1. The van der Waals surface area contributed by atoms with Crippen LogP contribution in [0, 0.1) is 5.92 Å². The molecule has 8 nitrogen and oxygen atoms in total. The Hall–Kier alpha value is -3.55. The summed E-state index contributed by atoms with van der Waals surface area (Å²) >= 11 is 0. The van der Waals surface area contributed by atoms with Crippen LogP contribution in [0.5, 0.6) is 0 Å². The van der Waals surface area contributed by atoms with Crippen LogP contribution in [0.1, 0.15) is 18.3 Å². The van der Waals surface area contributed by atoms with E-state index in [0.717, 1.165) is 24.4 Å². The van der Waals surface area contributed by atoms with Crippen molar-refractivity contribution in [3.63, 3.8) is 0 Å². The normalized spacial score (nSPS) is 18.9. The fourth-order valence-corrected chi connectivity index (χ4v) is 3.30. The number of nitrogens with zero attached hydrogens (tertiary/aromatic N) is 6. The molecule has 0 unspecified atom stereocenters. The molecule has 0 bridgehead atoms. The maximum atomic E-state index is 13.1. The first kappa shape index (κ1) is 23.6. The molecule has 2 N–H and O–H groups in total. The van der Waals surface area contributed by atoms with E-state index >= 15 is 0 Å². The maximum absolute atomic E-state index is 13.1. The molecule has 1 aliphatic rings. The zero-order valence-corrected chi connectivity index (χ0v) is 17.4. The zero-order chi connectivity index (χ0) is 24.7. The lowest BCUT2D eigenvalue weighted by Crippen LogP contribution is -2.24. The number of rotatable bonds is 4. The van der Waals surface area contributed by atoms with Crippen molar-refractivity contribution in [2.24, 2.45) is 5.92 Å². The average molecular weight is 485 g/mol. The predicted molar refractivity (Wildman–Crippen MR) is 108 cm³/mol. The van der Waals surface area contributed by atoms with Crippen molar-refractivity contribution in [2.75, 3.05) is 23.3 Å². The number of hydrogen-bond donors (Lipinski definition) is 2. The molecule has 3 aromatic rings. The second-order valence-corrected chi connectivity index (χ2v) is 7.69. The molecule has 14 heteroatoms. The smallest absolute Gasteiger partial charge is 0.391 e. The number of aliphatic hydroxyl groups excluding tert-OH is 1. The quantitative estimate of drug-likeness (QED) is 0.537. The van der Waals surface area contributed by atoms with E-state index in [4.69, 9.17) is 0 Å². The van der Waals surface area contributed by atoms with Crippen LogP contribution < -0.4 is 10.2 Å². The summed E-state index contributed by atoms with van der Waals surface area (Å²) in [6, 6.07) is 5.20. The summed E-state index contributed by atoms with van der Waals surface area (Å²) in [5, 5.41) is 12.7. The van der Waals surface area contributed by atoms with Crippen LogP contribution in [-0.4, -0.2) is 49.2 Å². The van der Waals surface area contributed by atoms with Gasteiger partial charge in [-0.1, -0.05) is 13.0 Å². The molecule has 4 rings (SSSR count). The molecule has 0 aromatic carbocycles. The van der Waals surface area contributed by atoms with Gasteiger partial charge in [0.25, 0.3) is 0 Å². The zero-order valence-electron chi connectivity index (χ0n) is 17.4. The number of pyridine rings is 2. The summed E-state index contributed by atoms with van der Waals surface area (Å²) in [4.78, 5) is 20.9. The van der Waals surface area contributed by atoms with Gasteiger partial charge in [0.05, 0.1) is 6.10 Å². The molecule has 34 heavy (non-hydrogen) atoms. The molecular formula is C20H17F6N7O. The summed E-state index contributed by atoms with van der Waals surface area (Å²) in [6.45, 7) is 2.32. The molecule has 1 fully saturated rings. The largest absolute Gasteiger partial charge is 0.433 e. The fraction of sp³-hybridized carbons (Fsp3) is 0.350. The minimum atomic E-state index is -4.70. The number of β-amino-alcohol motifs (C(OH)–C–C–N with tert-alkyl or cyclic N) is 1. The highest BCUT2D eigenvalue weighted by Gasteiger charge is 2.34. The van der Waals surface area contributed by atoms with Crippen LogP contribution in [0.2, 0.25) is 0 Å². The topological polar surface area (TPSA) is 100.0 Å². The third-order valence-corrected chi connectivity index (χ3v) is 5.05. The lowest BCUT2D eigenvalue weighted by Gasteiger charge is -2.17. The Labute approximate surface area is 188 Å². The van der Waals surface area contributed by atoms with Gasteiger partial charge in [0.2, 0.25) is 11.9 Å². The van der Waals surface area contributed by atoms with Crippen LogP contribution >= 0.6 is 0 Å². The summed E-state index contributed by atoms with van der Waals surface area (Å²) in [5.74, 6) is -0.539. The molecule has 2 atom stereocenters. The first-order valence-electron chi connectivity index (χ1n) is 9.94. The number of hydrogen-bond acceptors (Lipinski definition) is 8. The maximum Gasteiger partial charge on any atom is 0.433 e. The molecule has 1 aliphatic heterocycles. The number of aromatic nitrogens is 5. The van der Waals surface area contributed by atoms with Gasteiger partial charge in [-0.05, 0) is 24.3 Å². The molecule has 180 valence electrons. The highest BCUT2D eigenvalue weighted by molar-refractivity contribution is 5.59. The molecule has 1 saturated heterocycles. The number of nitrogens with one attached hydrogen (secondary N) is 1. The van der Waals surface area contributed by atoms with Crippen LogP contribution in [0.15, 0.2) is 36.5 Å². The number of alkyl halides is 6. The minimum Gasteiger partial charge on any atom is -0.391 e. The van der Waals surface area contributed by atoms with Crippen molar-refractivity contribution in [1.29, 1.82) is 0 Å².